The van der Waals surface area contributed by atoms with Gasteiger partial charge in [0, 0.05) is 24.9 Å². The van der Waals surface area contributed by atoms with Crippen molar-refractivity contribution in [1.82, 2.24) is 5.43 Å². The van der Waals surface area contributed by atoms with Gasteiger partial charge >= 0.3 is 0 Å². The fraction of sp³-hybridized carbons (Fsp3) is 0.533. The number of anilines is 1. The Kier molecular flexibility index (Phi) is 3.19. The summed E-state index contributed by atoms with van der Waals surface area (Å²) >= 11 is 0. The Hall–Kier alpha value is -1.55. The van der Waals surface area contributed by atoms with E-state index in [-0.39, 0.29) is 11.3 Å². The van der Waals surface area contributed by atoms with E-state index in [1.807, 2.05) is 5.01 Å². The highest BCUT2D eigenvalue weighted by Gasteiger charge is 2.34. The van der Waals surface area contributed by atoms with E-state index in [2.05, 4.69) is 29.7 Å². The number of nitrogens with zero attached hydrogens (tertiary/aromatic N) is 1. The molecule has 1 aliphatic carbocycles. The minimum Gasteiger partial charge on any atom is -0.330 e. The molecule has 0 atom stereocenters. The first-order valence-corrected chi connectivity index (χ1v) is 7.11. The smallest absolute Gasteiger partial charge is 0.240 e. The van der Waals surface area contributed by atoms with E-state index in [1.165, 1.54) is 31.2 Å². The highest BCUT2D eigenvalue weighted by Crippen LogP contribution is 2.40. The average Bonchev–Trinajstić information content (AvgIpc) is 3.08. The Bertz CT molecular complexity index is 463. The highest BCUT2D eigenvalue weighted by molar-refractivity contribution is 5.81. The molecule has 1 saturated heterocycles. The first kappa shape index (κ1) is 12.5. The highest BCUT2D eigenvalue weighted by atomic mass is 16.2. The first-order valence-electron chi connectivity index (χ1n) is 7.11. The lowest BCUT2D eigenvalue weighted by molar-refractivity contribution is -0.119. The van der Waals surface area contributed by atoms with Gasteiger partial charge in [0.1, 0.15) is 0 Å². The molecular formula is C15H21N3O. The molecule has 1 aromatic carbocycles. The summed E-state index contributed by atoms with van der Waals surface area (Å²) in [5.41, 5.74) is 11.5. The normalized spacial score (nSPS) is 21.7. The number of carbonyl (C=O) groups excluding carboxylic acids is 1. The predicted octanol–water partition coefficient (Wildman–Crippen LogP) is 1.70. The Morgan fingerprint density at radius 3 is 2.42 bits per heavy atom. The first-order chi connectivity index (χ1) is 9.23. The van der Waals surface area contributed by atoms with Crippen LogP contribution in [-0.2, 0) is 10.2 Å². The molecule has 1 aromatic rings. The van der Waals surface area contributed by atoms with Crippen LogP contribution in [0.3, 0.4) is 0 Å². The molecule has 3 rings (SSSR count). The second-order valence-electron chi connectivity index (χ2n) is 5.68. The van der Waals surface area contributed by atoms with Crippen molar-refractivity contribution < 1.29 is 4.79 Å². The van der Waals surface area contributed by atoms with Gasteiger partial charge in [-0.1, -0.05) is 25.0 Å². The van der Waals surface area contributed by atoms with Crippen molar-refractivity contribution in [3.05, 3.63) is 29.8 Å². The monoisotopic (exact) mass is 259 g/mol. The molecule has 1 heterocycles. The molecule has 0 aromatic heterocycles. The molecule has 1 aliphatic heterocycles. The molecule has 1 amide bonds. The number of carbonyl (C=O) groups is 1. The predicted molar refractivity (Wildman–Crippen MR) is 75.7 cm³/mol. The molecule has 0 spiro atoms. The maximum atomic E-state index is 11.2. The lowest BCUT2D eigenvalue weighted by Crippen LogP contribution is -2.34. The molecule has 0 unspecified atom stereocenters. The molecule has 4 nitrogen and oxygen atoms in total. The van der Waals surface area contributed by atoms with Gasteiger partial charge in [-0.3, -0.25) is 15.2 Å². The number of hydrazine groups is 1. The van der Waals surface area contributed by atoms with Crippen LogP contribution in [0.4, 0.5) is 5.69 Å². The van der Waals surface area contributed by atoms with Gasteiger partial charge < -0.3 is 5.73 Å². The maximum Gasteiger partial charge on any atom is 0.240 e. The van der Waals surface area contributed by atoms with Crippen molar-refractivity contribution in [2.75, 3.05) is 18.1 Å². The average molecular weight is 259 g/mol. The minimum absolute atomic E-state index is 0.0956. The van der Waals surface area contributed by atoms with Crippen LogP contribution in [0.15, 0.2) is 24.3 Å². The number of rotatable bonds is 3. The van der Waals surface area contributed by atoms with Crippen LogP contribution in [0, 0.1) is 0 Å². The molecule has 3 N–H and O–H groups in total. The molecule has 102 valence electrons. The van der Waals surface area contributed by atoms with E-state index < -0.39 is 0 Å². The van der Waals surface area contributed by atoms with Gasteiger partial charge in [-0.2, -0.15) is 0 Å². The van der Waals surface area contributed by atoms with Crippen LogP contribution in [0.2, 0.25) is 0 Å². The van der Waals surface area contributed by atoms with Crippen LogP contribution >= 0.6 is 0 Å². The third-order valence-corrected chi connectivity index (χ3v) is 4.56. The van der Waals surface area contributed by atoms with Crippen molar-refractivity contribution in [3.8, 4) is 0 Å². The fourth-order valence-corrected chi connectivity index (χ4v) is 3.33. The molecular weight excluding hydrogens is 238 g/mol. The van der Waals surface area contributed by atoms with E-state index in [9.17, 15) is 4.79 Å². The summed E-state index contributed by atoms with van der Waals surface area (Å²) in [6.45, 7) is 1.48. The SMILES string of the molecule is NCC1(c2ccc(N3CCC(=O)N3)cc2)CCCC1. The number of hydrogen-bond donors (Lipinski definition) is 2. The van der Waals surface area contributed by atoms with Gasteiger partial charge in [0.15, 0.2) is 0 Å². The van der Waals surface area contributed by atoms with E-state index in [4.69, 9.17) is 5.73 Å². The summed E-state index contributed by atoms with van der Waals surface area (Å²) in [4.78, 5) is 11.2. The van der Waals surface area contributed by atoms with Crippen molar-refractivity contribution in [3.63, 3.8) is 0 Å². The molecule has 0 bridgehead atoms. The number of nitrogens with two attached hydrogens (primary N) is 1. The van der Waals surface area contributed by atoms with E-state index in [0.29, 0.717) is 6.42 Å². The number of benzene rings is 1. The second-order valence-corrected chi connectivity index (χ2v) is 5.68. The summed E-state index contributed by atoms with van der Waals surface area (Å²) < 4.78 is 0. The largest absolute Gasteiger partial charge is 0.330 e. The van der Waals surface area contributed by atoms with Gasteiger partial charge in [-0.05, 0) is 30.5 Å². The molecule has 4 heteroatoms. The van der Waals surface area contributed by atoms with E-state index in [1.54, 1.807) is 0 Å². The van der Waals surface area contributed by atoms with E-state index >= 15 is 0 Å². The van der Waals surface area contributed by atoms with Crippen LogP contribution < -0.4 is 16.2 Å². The maximum absolute atomic E-state index is 11.2. The van der Waals surface area contributed by atoms with Gasteiger partial charge in [-0.25, -0.2) is 0 Å². The summed E-state index contributed by atoms with van der Waals surface area (Å²) in [5, 5.41) is 1.91. The fourth-order valence-electron chi connectivity index (χ4n) is 3.33. The van der Waals surface area contributed by atoms with Gasteiger partial charge in [0.05, 0.1) is 5.69 Å². The van der Waals surface area contributed by atoms with Gasteiger partial charge in [-0.15, -0.1) is 0 Å². The van der Waals surface area contributed by atoms with Crippen molar-refractivity contribution in [2.45, 2.75) is 37.5 Å². The summed E-state index contributed by atoms with van der Waals surface area (Å²) in [6.07, 6.45) is 5.53. The standard InChI is InChI=1S/C15H21N3O/c16-11-15(8-1-2-9-15)12-3-5-13(6-4-12)18-10-7-14(19)17-18/h3-6H,1-2,7-11,16H2,(H,17,19). The Labute approximate surface area is 113 Å². The van der Waals surface area contributed by atoms with Crippen LogP contribution in [0.1, 0.15) is 37.7 Å². The quantitative estimate of drug-likeness (QED) is 0.868. The lowest BCUT2D eigenvalue weighted by Gasteiger charge is -2.28. The molecule has 2 fully saturated rings. The van der Waals surface area contributed by atoms with Gasteiger partial charge in [0.25, 0.3) is 0 Å². The zero-order valence-electron chi connectivity index (χ0n) is 11.2. The van der Waals surface area contributed by atoms with Crippen molar-refractivity contribution >= 4 is 11.6 Å². The second kappa shape index (κ2) is 4.85. The molecule has 2 aliphatic rings. The summed E-state index contributed by atoms with van der Waals surface area (Å²) in [6, 6.07) is 8.54. The molecule has 19 heavy (non-hydrogen) atoms. The number of hydrogen-bond acceptors (Lipinski definition) is 3. The van der Waals surface area contributed by atoms with E-state index in [0.717, 1.165) is 18.8 Å². The third kappa shape index (κ3) is 2.21. The number of amides is 1. The van der Waals surface area contributed by atoms with Crippen molar-refractivity contribution in [1.29, 1.82) is 0 Å². The lowest BCUT2D eigenvalue weighted by atomic mass is 9.79. The Morgan fingerprint density at radius 1 is 1.21 bits per heavy atom. The third-order valence-electron chi connectivity index (χ3n) is 4.56. The Balaban J connectivity index is 1.80. The number of nitrogens with one attached hydrogen (secondary N) is 1. The van der Waals surface area contributed by atoms with Crippen LogP contribution in [0.25, 0.3) is 0 Å². The molecule has 1 saturated carbocycles. The summed E-state index contributed by atoms with van der Waals surface area (Å²) in [5.74, 6) is 0.0956. The Morgan fingerprint density at radius 2 is 1.89 bits per heavy atom. The van der Waals surface area contributed by atoms with Crippen molar-refractivity contribution in [2.24, 2.45) is 5.73 Å². The van der Waals surface area contributed by atoms with Gasteiger partial charge in [0.2, 0.25) is 5.91 Å². The topological polar surface area (TPSA) is 58.4 Å². The zero-order chi connectivity index (χ0) is 13.3. The van der Waals surface area contributed by atoms with Crippen LogP contribution in [-0.4, -0.2) is 19.0 Å². The zero-order valence-corrected chi connectivity index (χ0v) is 11.2. The summed E-state index contributed by atoms with van der Waals surface area (Å²) in [7, 11) is 0. The van der Waals surface area contributed by atoms with Crippen LogP contribution in [0.5, 0.6) is 0 Å². The molecule has 0 radical (unpaired) electrons. The minimum atomic E-state index is 0.0956.